The number of aliphatic carboxylic acids is 1. The number of rotatable bonds is 9. The quantitative estimate of drug-likeness (QED) is 0.215. The fourth-order valence-electron chi connectivity index (χ4n) is 3.66. The minimum atomic E-state index is -4.40. The molecule has 0 aliphatic heterocycles. The van der Waals surface area contributed by atoms with Gasteiger partial charge in [0.25, 0.3) is 0 Å². The molecule has 0 spiro atoms. The van der Waals surface area contributed by atoms with E-state index in [-0.39, 0.29) is 5.25 Å². The standard InChI is InChI=1S/C28H21F3N2O3S2/c1-17-12-22(10-11-23(17)36-16-26(34)35)37-24(13-18-2-4-19(14-32)5-3-18)25-15-33-27(38-25)20-6-8-21(9-7-20)28(29,30)31/h2-12,15,24H,13,16H2,1H3,(H,34,35). The van der Waals surface area contributed by atoms with Gasteiger partial charge in [-0.1, -0.05) is 24.3 Å². The van der Waals surface area contributed by atoms with Crippen molar-refractivity contribution in [1.82, 2.24) is 4.98 Å². The lowest BCUT2D eigenvalue weighted by molar-refractivity contribution is -0.139. The summed E-state index contributed by atoms with van der Waals surface area (Å²) in [5, 5.41) is 18.5. The van der Waals surface area contributed by atoms with Crippen LogP contribution < -0.4 is 4.74 Å². The van der Waals surface area contributed by atoms with E-state index in [0.29, 0.717) is 28.3 Å². The normalized spacial score (nSPS) is 12.1. The van der Waals surface area contributed by atoms with Gasteiger partial charge in [0.15, 0.2) is 6.61 Å². The van der Waals surface area contributed by atoms with Crippen LogP contribution in [0.5, 0.6) is 5.75 Å². The van der Waals surface area contributed by atoms with Gasteiger partial charge in [0.2, 0.25) is 0 Å². The van der Waals surface area contributed by atoms with Crippen molar-refractivity contribution in [3.63, 3.8) is 0 Å². The number of hydrogen-bond acceptors (Lipinski definition) is 6. The second kappa shape index (κ2) is 11.7. The highest BCUT2D eigenvalue weighted by molar-refractivity contribution is 7.99. The number of benzene rings is 3. The maximum Gasteiger partial charge on any atom is 0.416 e. The molecule has 0 aliphatic carbocycles. The van der Waals surface area contributed by atoms with Gasteiger partial charge in [-0.15, -0.1) is 23.1 Å². The number of ether oxygens (including phenoxy) is 1. The van der Waals surface area contributed by atoms with Gasteiger partial charge in [0.1, 0.15) is 10.8 Å². The maximum atomic E-state index is 13.0. The van der Waals surface area contributed by atoms with E-state index in [1.807, 2.05) is 31.2 Å². The van der Waals surface area contributed by atoms with E-state index in [1.165, 1.54) is 23.5 Å². The van der Waals surface area contributed by atoms with Gasteiger partial charge in [-0.3, -0.25) is 0 Å². The smallest absolute Gasteiger partial charge is 0.416 e. The first kappa shape index (κ1) is 27.2. The van der Waals surface area contributed by atoms with Crippen molar-refractivity contribution in [2.45, 2.75) is 29.7 Å². The topological polar surface area (TPSA) is 83.2 Å². The van der Waals surface area contributed by atoms with Crippen LogP contribution in [-0.2, 0) is 17.4 Å². The average Bonchev–Trinajstić information content (AvgIpc) is 3.38. The lowest BCUT2D eigenvalue weighted by Gasteiger charge is -2.16. The van der Waals surface area contributed by atoms with Gasteiger partial charge in [0, 0.05) is 26.8 Å². The number of carboxylic acids is 1. The molecular formula is C28H21F3N2O3S2. The third-order valence-corrected chi connectivity index (χ3v) is 8.12. The number of nitrogens with zero attached hydrogens (tertiary/aromatic N) is 2. The third kappa shape index (κ3) is 6.94. The van der Waals surface area contributed by atoms with Crippen LogP contribution in [0.2, 0.25) is 0 Å². The van der Waals surface area contributed by atoms with Gasteiger partial charge in [0.05, 0.1) is 17.2 Å². The van der Waals surface area contributed by atoms with Crippen molar-refractivity contribution < 1.29 is 27.8 Å². The molecule has 4 rings (SSSR count). The fraction of sp³-hybridized carbons (Fsp3) is 0.179. The number of nitriles is 1. The van der Waals surface area contributed by atoms with E-state index in [0.717, 1.165) is 33.0 Å². The Labute approximate surface area is 225 Å². The van der Waals surface area contributed by atoms with Crippen molar-refractivity contribution in [3.05, 3.63) is 100 Å². The van der Waals surface area contributed by atoms with Crippen LogP contribution in [0.15, 0.2) is 77.8 Å². The zero-order valence-corrected chi connectivity index (χ0v) is 21.7. The summed E-state index contributed by atoms with van der Waals surface area (Å²) in [6, 6.07) is 19.9. The molecule has 0 radical (unpaired) electrons. The number of halogens is 3. The molecule has 0 saturated carbocycles. The molecule has 5 nitrogen and oxygen atoms in total. The molecule has 1 heterocycles. The molecule has 1 N–H and O–H groups in total. The number of alkyl halides is 3. The number of thioether (sulfide) groups is 1. The first-order valence-electron chi connectivity index (χ1n) is 11.4. The Morgan fingerprint density at radius 2 is 1.84 bits per heavy atom. The van der Waals surface area contributed by atoms with Crippen molar-refractivity contribution in [1.29, 1.82) is 5.26 Å². The van der Waals surface area contributed by atoms with Gasteiger partial charge < -0.3 is 9.84 Å². The van der Waals surface area contributed by atoms with Crippen molar-refractivity contribution >= 4 is 29.1 Å². The van der Waals surface area contributed by atoms with Crippen molar-refractivity contribution in [3.8, 4) is 22.4 Å². The fourth-order valence-corrected chi connectivity index (χ4v) is 6.03. The summed E-state index contributed by atoms with van der Waals surface area (Å²) in [5.41, 5.74) is 2.27. The van der Waals surface area contributed by atoms with E-state index in [9.17, 15) is 18.0 Å². The Bertz CT molecular complexity index is 1460. The van der Waals surface area contributed by atoms with E-state index < -0.39 is 24.3 Å². The number of carboxylic acid groups (broad SMARTS) is 1. The number of aromatic nitrogens is 1. The Hall–Kier alpha value is -3.81. The monoisotopic (exact) mass is 554 g/mol. The van der Waals surface area contributed by atoms with Gasteiger partial charge >= 0.3 is 12.1 Å². The molecule has 1 aromatic heterocycles. The Balaban J connectivity index is 1.60. The zero-order chi connectivity index (χ0) is 27.3. The van der Waals surface area contributed by atoms with Crippen LogP contribution in [0.3, 0.4) is 0 Å². The Kier molecular flexibility index (Phi) is 8.39. The highest BCUT2D eigenvalue weighted by atomic mass is 32.2. The molecule has 0 saturated heterocycles. The van der Waals surface area contributed by atoms with Gasteiger partial charge in [-0.2, -0.15) is 18.4 Å². The Morgan fingerprint density at radius 1 is 1.13 bits per heavy atom. The minimum absolute atomic E-state index is 0.0752. The highest BCUT2D eigenvalue weighted by Crippen LogP contribution is 2.43. The molecular weight excluding hydrogens is 533 g/mol. The summed E-state index contributed by atoms with van der Waals surface area (Å²) in [4.78, 5) is 17.2. The minimum Gasteiger partial charge on any atom is -0.482 e. The summed E-state index contributed by atoms with van der Waals surface area (Å²) < 4.78 is 44.2. The number of thiazole rings is 1. The SMILES string of the molecule is Cc1cc(SC(Cc2ccc(C#N)cc2)c2cnc(-c3ccc(C(F)(F)F)cc3)s2)ccc1OCC(=O)O. The number of carbonyl (C=O) groups is 1. The summed E-state index contributed by atoms with van der Waals surface area (Å²) in [7, 11) is 0. The highest BCUT2D eigenvalue weighted by Gasteiger charge is 2.30. The predicted octanol–water partition coefficient (Wildman–Crippen LogP) is 7.55. The van der Waals surface area contributed by atoms with Gasteiger partial charge in [-0.25, -0.2) is 9.78 Å². The van der Waals surface area contributed by atoms with Crippen LogP contribution in [0.1, 0.15) is 32.4 Å². The first-order valence-corrected chi connectivity index (χ1v) is 13.1. The maximum absolute atomic E-state index is 13.0. The first-order chi connectivity index (χ1) is 18.1. The second-order valence-electron chi connectivity index (χ2n) is 8.37. The number of hydrogen-bond donors (Lipinski definition) is 1. The summed E-state index contributed by atoms with van der Waals surface area (Å²) in [6.07, 6.45) is -2.03. The molecule has 0 amide bonds. The zero-order valence-electron chi connectivity index (χ0n) is 20.0. The molecule has 1 unspecified atom stereocenters. The van der Waals surface area contributed by atoms with Crippen LogP contribution in [0.25, 0.3) is 10.6 Å². The molecule has 1 atom stereocenters. The summed E-state index contributed by atoms with van der Waals surface area (Å²) in [5.74, 6) is -0.567. The van der Waals surface area contributed by atoms with Crippen LogP contribution >= 0.6 is 23.1 Å². The second-order valence-corrected chi connectivity index (χ2v) is 10.7. The average molecular weight is 555 g/mol. The predicted molar refractivity (Wildman–Crippen MR) is 140 cm³/mol. The van der Waals surface area contributed by atoms with Crippen molar-refractivity contribution in [2.75, 3.05) is 6.61 Å². The Morgan fingerprint density at radius 3 is 2.45 bits per heavy atom. The molecule has 10 heteroatoms. The number of aryl methyl sites for hydroxylation is 1. The molecule has 4 aromatic rings. The van der Waals surface area contributed by atoms with E-state index >= 15 is 0 Å². The summed E-state index contributed by atoms with van der Waals surface area (Å²) in [6.45, 7) is 1.41. The van der Waals surface area contributed by atoms with Crippen molar-refractivity contribution in [2.24, 2.45) is 0 Å². The lowest BCUT2D eigenvalue weighted by Crippen LogP contribution is -2.10. The van der Waals surface area contributed by atoms with E-state index in [4.69, 9.17) is 15.1 Å². The summed E-state index contributed by atoms with van der Waals surface area (Å²) >= 11 is 3.01. The molecule has 3 aromatic carbocycles. The molecule has 194 valence electrons. The van der Waals surface area contributed by atoms with Crippen LogP contribution in [0.4, 0.5) is 13.2 Å². The van der Waals surface area contributed by atoms with E-state index in [1.54, 1.807) is 36.2 Å². The van der Waals surface area contributed by atoms with Crippen LogP contribution in [0, 0.1) is 18.3 Å². The molecule has 0 aliphatic rings. The van der Waals surface area contributed by atoms with Crippen LogP contribution in [-0.4, -0.2) is 22.7 Å². The molecule has 0 bridgehead atoms. The van der Waals surface area contributed by atoms with Gasteiger partial charge in [-0.05, 0) is 66.9 Å². The molecule has 38 heavy (non-hydrogen) atoms. The molecule has 0 fully saturated rings. The lowest BCUT2D eigenvalue weighted by atomic mass is 10.1. The third-order valence-electron chi connectivity index (χ3n) is 5.58. The largest absolute Gasteiger partial charge is 0.482 e. The van der Waals surface area contributed by atoms with E-state index in [2.05, 4.69) is 11.1 Å².